The summed E-state index contributed by atoms with van der Waals surface area (Å²) in [4.78, 5) is 45.4. The highest BCUT2D eigenvalue weighted by atomic mass is 16.2. The lowest BCUT2D eigenvalue weighted by molar-refractivity contribution is -0.00612. The highest BCUT2D eigenvalue weighted by Crippen LogP contribution is 2.19. The molecule has 1 heterocycles. The van der Waals surface area contributed by atoms with Crippen LogP contribution in [0.3, 0.4) is 0 Å². The first-order valence-corrected chi connectivity index (χ1v) is 13.9. The molecule has 0 saturated carbocycles. The molecule has 0 spiro atoms. The first kappa shape index (κ1) is 28.1. The van der Waals surface area contributed by atoms with E-state index in [1.54, 1.807) is 14.7 Å². The Balaban J connectivity index is 1.59. The van der Waals surface area contributed by atoms with Gasteiger partial charge >= 0.3 is 0 Å². The number of rotatable bonds is 8. The standard InChI is InChI=1S/C33H39N3O3/c1-5-7-26-10-16-29(17-11-26)32(38)35-21-34(31(37)28-14-8-25(6-2)9-15-28)22-36(23-35)33(39)30-18-12-27(13-19-30)20-24(3)4/h8-19,24H,5-7,20-23H2,1-4H3. The molecule has 3 aromatic rings. The lowest BCUT2D eigenvalue weighted by atomic mass is 10.0. The number of carbonyl (C=O) groups excluding carboxylic acids is 3. The van der Waals surface area contributed by atoms with Gasteiger partial charge in [0.05, 0.1) is 20.0 Å². The van der Waals surface area contributed by atoms with Gasteiger partial charge in [-0.3, -0.25) is 14.4 Å². The largest absolute Gasteiger partial charge is 0.303 e. The van der Waals surface area contributed by atoms with E-state index >= 15 is 0 Å². The van der Waals surface area contributed by atoms with Crippen LogP contribution < -0.4 is 0 Å². The summed E-state index contributed by atoms with van der Waals surface area (Å²) < 4.78 is 0. The van der Waals surface area contributed by atoms with Gasteiger partial charge < -0.3 is 14.7 Å². The summed E-state index contributed by atoms with van der Waals surface area (Å²) in [6, 6.07) is 22.8. The normalized spacial score (nSPS) is 13.6. The van der Waals surface area contributed by atoms with E-state index < -0.39 is 0 Å². The van der Waals surface area contributed by atoms with Gasteiger partial charge in [0, 0.05) is 16.7 Å². The van der Waals surface area contributed by atoms with Gasteiger partial charge in [0.2, 0.25) is 0 Å². The third kappa shape index (κ3) is 6.94. The number of hydrogen-bond acceptors (Lipinski definition) is 3. The molecule has 6 heteroatoms. The predicted molar refractivity (Wildman–Crippen MR) is 154 cm³/mol. The Morgan fingerprint density at radius 3 is 1.28 bits per heavy atom. The summed E-state index contributed by atoms with van der Waals surface area (Å²) in [5, 5.41) is 0. The van der Waals surface area contributed by atoms with E-state index in [0.717, 1.165) is 31.2 Å². The molecule has 1 aliphatic rings. The van der Waals surface area contributed by atoms with Crippen LogP contribution >= 0.6 is 0 Å². The Morgan fingerprint density at radius 1 is 0.590 bits per heavy atom. The number of amides is 3. The molecule has 0 N–H and O–H groups in total. The monoisotopic (exact) mass is 525 g/mol. The average molecular weight is 526 g/mol. The number of benzene rings is 3. The lowest BCUT2D eigenvalue weighted by Gasteiger charge is -2.42. The van der Waals surface area contributed by atoms with Crippen LogP contribution in [0.2, 0.25) is 0 Å². The number of hydrogen-bond donors (Lipinski definition) is 0. The molecule has 0 bridgehead atoms. The summed E-state index contributed by atoms with van der Waals surface area (Å²) in [5.74, 6) is -0.100. The smallest absolute Gasteiger partial charge is 0.256 e. The van der Waals surface area contributed by atoms with Gasteiger partial charge in [0.25, 0.3) is 17.7 Å². The van der Waals surface area contributed by atoms with Gasteiger partial charge in [-0.2, -0.15) is 0 Å². The minimum absolute atomic E-state index is 0.111. The highest BCUT2D eigenvalue weighted by Gasteiger charge is 2.33. The molecule has 1 aliphatic heterocycles. The number of carbonyl (C=O) groups is 3. The van der Waals surface area contributed by atoms with Crippen LogP contribution in [-0.2, 0) is 19.3 Å². The van der Waals surface area contributed by atoms with Crippen molar-refractivity contribution in [3.05, 3.63) is 106 Å². The topological polar surface area (TPSA) is 60.9 Å². The summed E-state index contributed by atoms with van der Waals surface area (Å²) in [6.07, 6.45) is 3.81. The van der Waals surface area contributed by atoms with Crippen molar-refractivity contribution in [3.63, 3.8) is 0 Å². The summed E-state index contributed by atoms with van der Waals surface area (Å²) in [5.41, 5.74) is 5.12. The van der Waals surface area contributed by atoms with Crippen molar-refractivity contribution in [2.45, 2.75) is 53.4 Å². The van der Waals surface area contributed by atoms with E-state index in [2.05, 4.69) is 27.7 Å². The zero-order valence-electron chi connectivity index (χ0n) is 23.5. The van der Waals surface area contributed by atoms with E-state index in [9.17, 15) is 14.4 Å². The molecule has 39 heavy (non-hydrogen) atoms. The molecule has 3 amide bonds. The molecule has 4 rings (SSSR count). The van der Waals surface area contributed by atoms with E-state index in [1.165, 1.54) is 11.1 Å². The fourth-order valence-electron chi connectivity index (χ4n) is 4.93. The molecule has 0 radical (unpaired) electrons. The summed E-state index contributed by atoms with van der Waals surface area (Å²) in [6.45, 7) is 8.85. The maximum atomic E-state index is 13.6. The SMILES string of the molecule is CCCc1ccc(C(=O)N2CN(C(=O)c3ccc(CC)cc3)CN(C(=O)c3ccc(CC(C)C)cc3)C2)cc1. The van der Waals surface area contributed by atoms with Gasteiger partial charge in [-0.1, -0.05) is 70.5 Å². The van der Waals surface area contributed by atoms with Gasteiger partial charge in [-0.15, -0.1) is 0 Å². The zero-order chi connectivity index (χ0) is 27.9. The molecule has 3 aromatic carbocycles. The average Bonchev–Trinajstić information content (AvgIpc) is 2.96. The van der Waals surface area contributed by atoms with Crippen molar-refractivity contribution in [1.29, 1.82) is 0 Å². The molecule has 6 nitrogen and oxygen atoms in total. The fourth-order valence-corrected chi connectivity index (χ4v) is 4.93. The Hall–Kier alpha value is -3.93. The van der Waals surface area contributed by atoms with Crippen molar-refractivity contribution >= 4 is 17.7 Å². The molecule has 204 valence electrons. The second-order valence-electron chi connectivity index (χ2n) is 10.8. The first-order valence-electron chi connectivity index (χ1n) is 13.9. The predicted octanol–water partition coefficient (Wildman–Crippen LogP) is 6.01. The zero-order valence-corrected chi connectivity index (χ0v) is 23.5. The second kappa shape index (κ2) is 12.7. The highest BCUT2D eigenvalue weighted by molar-refractivity contribution is 5.98. The van der Waals surface area contributed by atoms with Crippen molar-refractivity contribution < 1.29 is 14.4 Å². The summed E-state index contributed by atoms with van der Waals surface area (Å²) in [7, 11) is 0. The first-order chi connectivity index (χ1) is 18.8. The van der Waals surface area contributed by atoms with Crippen LogP contribution in [-0.4, -0.2) is 52.4 Å². The van der Waals surface area contributed by atoms with E-state index in [4.69, 9.17) is 0 Å². The fraction of sp³-hybridized carbons (Fsp3) is 0.364. The minimum Gasteiger partial charge on any atom is -0.303 e. The van der Waals surface area contributed by atoms with Crippen LogP contribution in [0, 0.1) is 5.92 Å². The van der Waals surface area contributed by atoms with E-state index in [-0.39, 0.29) is 37.7 Å². The third-order valence-electron chi connectivity index (χ3n) is 7.08. The molecule has 0 aliphatic carbocycles. The third-order valence-corrected chi connectivity index (χ3v) is 7.08. The van der Waals surface area contributed by atoms with Gasteiger partial charge in [0.15, 0.2) is 0 Å². The van der Waals surface area contributed by atoms with Gasteiger partial charge in [0.1, 0.15) is 0 Å². The quantitative estimate of drug-likeness (QED) is 0.362. The van der Waals surface area contributed by atoms with Crippen molar-refractivity contribution in [2.24, 2.45) is 5.92 Å². The molecular weight excluding hydrogens is 486 g/mol. The Kier molecular flexibility index (Phi) is 9.18. The molecule has 0 atom stereocenters. The molecule has 0 aromatic heterocycles. The lowest BCUT2D eigenvalue weighted by Crippen LogP contribution is -2.59. The van der Waals surface area contributed by atoms with Crippen molar-refractivity contribution in [2.75, 3.05) is 20.0 Å². The molecule has 1 saturated heterocycles. The van der Waals surface area contributed by atoms with Crippen LogP contribution in [0.5, 0.6) is 0 Å². The Morgan fingerprint density at radius 2 is 0.949 bits per heavy atom. The van der Waals surface area contributed by atoms with Gasteiger partial charge in [-0.25, -0.2) is 0 Å². The molecule has 1 fully saturated rings. The molecular formula is C33H39N3O3. The van der Waals surface area contributed by atoms with Crippen LogP contribution in [0.4, 0.5) is 0 Å². The van der Waals surface area contributed by atoms with E-state index in [0.29, 0.717) is 22.6 Å². The van der Waals surface area contributed by atoms with Crippen molar-refractivity contribution in [1.82, 2.24) is 14.7 Å². The maximum Gasteiger partial charge on any atom is 0.256 e. The molecule has 0 unspecified atom stereocenters. The van der Waals surface area contributed by atoms with Crippen LogP contribution in [0.15, 0.2) is 72.8 Å². The van der Waals surface area contributed by atoms with Crippen LogP contribution in [0.25, 0.3) is 0 Å². The Bertz CT molecular complexity index is 1280. The van der Waals surface area contributed by atoms with Crippen molar-refractivity contribution in [3.8, 4) is 0 Å². The number of aryl methyl sites for hydroxylation is 2. The minimum atomic E-state index is -0.210. The summed E-state index contributed by atoms with van der Waals surface area (Å²) >= 11 is 0. The Labute approximate surface area is 232 Å². The number of nitrogens with zero attached hydrogens (tertiary/aromatic N) is 3. The van der Waals surface area contributed by atoms with E-state index in [1.807, 2.05) is 72.8 Å². The second-order valence-corrected chi connectivity index (χ2v) is 10.8. The maximum absolute atomic E-state index is 13.6. The van der Waals surface area contributed by atoms with Gasteiger partial charge in [-0.05, 0) is 78.3 Å². The van der Waals surface area contributed by atoms with Crippen LogP contribution in [0.1, 0.15) is 81.9 Å².